The molecule has 0 saturated heterocycles. The van der Waals surface area contributed by atoms with Gasteiger partial charge in [-0.2, -0.15) is 0 Å². The first-order valence-corrected chi connectivity index (χ1v) is 7.13. The third-order valence-electron chi connectivity index (χ3n) is 3.71. The number of anilines is 1. The van der Waals surface area contributed by atoms with Crippen LogP contribution in [0.15, 0.2) is 18.2 Å². The average Bonchev–Trinajstić information content (AvgIpc) is 3.26. The lowest BCUT2D eigenvalue weighted by Gasteiger charge is -2.13. The molecule has 2 N–H and O–H groups in total. The molecule has 1 atom stereocenters. The van der Waals surface area contributed by atoms with Gasteiger partial charge in [-0.05, 0) is 43.4 Å². The molecule has 0 radical (unpaired) electrons. The van der Waals surface area contributed by atoms with Crippen LogP contribution in [0.4, 0.5) is 5.69 Å². The zero-order valence-corrected chi connectivity index (χ0v) is 12.1. The quantitative estimate of drug-likeness (QED) is 0.827. The van der Waals surface area contributed by atoms with E-state index in [0.717, 1.165) is 16.8 Å². The van der Waals surface area contributed by atoms with Crippen molar-refractivity contribution in [3.8, 4) is 11.8 Å². The van der Waals surface area contributed by atoms with Gasteiger partial charge in [0.25, 0.3) is 0 Å². The molecule has 1 unspecified atom stereocenters. The normalized spacial score (nSPS) is 15.2. The van der Waals surface area contributed by atoms with Gasteiger partial charge in [-0.25, -0.2) is 0 Å². The number of carbonyl (C=O) groups excluding carboxylic acids is 1. The summed E-state index contributed by atoms with van der Waals surface area (Å²) in [6, 6.07) is 5.79. The minimum absolute atomic E-state index is 0.0708. The fourth-order valence-electron chi connectivity index (χ4n) is 2.11. The van der Waals surface area contributed by atoms with Crippen LogP contribution in [-0.2, 0) is 4.79 Å². The fraction of sp³-hybridized carbons (Fsp3) is 0.471. The Balaban J connectivity index is 2.08. The summed E-state index contributed by atoms with van der Waals surface area (Å²) in [5, 5.41) is 11.7. The highest BCUT2D eigenvalue weighted by molar-refractivity contribution is 5.93. The molecule has 3 nitrogen and oxygen atoms in total. The van der Waals surface area contributed by atoms with Crippen LogP contribution in [0.3, 0.4) is 0 Å². The highest BCUT2D eigenvalue weighted by atomic mass is 16.2. The standard InChI is InChI=1S/C17H21NO2/c1-12-6-7-14(5-3-4-10-19)11-16(12)18-17(20)13(2)15-8-9-15/h6-7,11,13,15,19H,4,8-10H2,1-2H3,(H,18,20). The van der Waals surface area contributed by atoms with Crippen molar-refractivity contribution in [2.75, 3.05) is 11.9 Å². The molecule has 0 bridgehead atoms. The monoisotopic (exact) mass is 271 g/mol. The number of aryl methyl sites for hydroxylation is 1. The molecule has 20 heavy (non-hydrogen) atoms. The Morgan fingerprint density at radius 1 is 1.50 bits per heavy atom. The maximum absolute atomic E-state index is 12.1. The summed E-state index contributed by atoms with van der Waals surface area (Å²) in [6.45, 7) is 4.04. The van der Waals surface area contributed by atoms with Gasteiger partial charge in [-0.1, -0.05) is 24.8 Å². The van der Waals surface area contributed by atoms with Crippen molar-refractivity contribution in [2.45, 2.75) is 33.1 Å². The van der Waals surface area contributed by atoms with Crippen LogP contribution in [0, 0.1) is 30.6 Å². The molecule has 1 amide bonds. The summed E-state index contributed by atoms with van der Waals surface area (Å²) in [6.07, 6.45) is 2.80. The second-order valence-electron chi connectivity index (χ2n) is 5.42. The van der Waals surface area contributed by atoms with Crippen LogP contribution in [0.5, 0.6) is 0 Å². The second kappa shape index (κ2) is 6.58. The van der Waals surface area contributed by atoms with Crippen molar-refractivity contribution in [3.05, 3.63) is 29.3 Å². The van der Waals surface area contributed by atoms with Gasteiger partial charge in [-0.3, -0.25) is 4.79 Å². The Morgan fingerprint density at radius 2 is 2.25 bits per heavy atom. The van der Waals surface area contributed by atoms with Crippen LogP contribution in [-0.4, -0.2) is 17.6 Å². The first kappa shape index (κ1) is 14.6. The van der Waals surface area contributed by atoms with Crippen molar-refractivity contribution in [3.63, 3.8) is 0 Å². The Labute approximate surface area is 120 Å². The Bertz CT molecular complexity index is 550. The molecule has 3 heteroatoms. The Morgan fingerprint density at radius 3 is 2.90 bits per heavy atom. The number of hydrogen-bond donors (Lipinski definition) is 2. The third-order valence-corrected chi connectivity index (χ3v) is 3.71. The maximum Gasteiger partial charge on any atom is 0.227 e. The molecule has 1 aromatic rings. The molecule has 0 aromatic heterocycles. The topological polar surface area (TPSA) is 49.3 Å². The number of benzene rings is 1. The van der Waals surface area contributed by atoms with E-state index in [4.69, 9.17) is 5.11 Å². The molecule has 0 heterocycles. The minimum Gasteiger partial charge on any atom is -0.395 e. The van der Waals surface area contributed by atoms with E-state index in [0.29, 0.717) is 12.3 Å². The van der Waals surface area contributed by atoms with E-state index >= 15 is 0 Å². The van der Waals surface area contributed by atoms with Crippen molar-refractivity contribution in [1.29, 1.82) is 0 Å². The summed E-state index contributed by atoms with van der Waals surface area (Å²) in [4.78, 5) is 12.1. The average molecular weight is 271 g/mol. The molecule has 106 valence electrons. The summed E-state index contributed by atoms with van der Waals surface area (Å²) < 4.78 is 0. The summed E-state index contributed by atoms with van der Waals surface area (Å²) in [7, 11) is 0. The Kier molecular flexibility index (Phi) is 4.81. The van der Waals surface area contributed by atoms with Gasteiger partial charge in [0.2, 0.25) is 5.91 Å². The van der Waals surface area contributed by atoms with Gasteiger partial charge < -0.3 is 10.4 Å². The van der Waals surface area contributed by atoms with Gasteiger partial charge in [0.05, 0.1) is 6.61 Å². The molecule has 1 fully saturated rings. The number of hydrogen-bond acceptors (Lipinski definition) is 2. The fourth-order valence-corrected chi connectivity index (χ4v) is 2.11. The van der Waals surface area contributed by atoms with Crippen molar-refractivity contribution in [1.82, 2.24) is 0 Å². The summed E-state index contributed by atoms with van der Waals surface area (Å²) >= 11 is 0. The van der Waals surface area contributed by atoms with E-state index < -0.39 is 0 Å². The van der Waals surface area contributed by atoms with Gasteiger partial charge >= 0.3 is 0 Å². The van der Waals surface area contributed by atoms with E-state index in [9.17, 15) is 4.79 Å². The second-order valence-corrected chi connectivity index (χ2v) is 5.42. The van der Waals surface area contributed by atoms with E-state index in [1.807, 2.05) is 32.0 Å². The van der Waals surface area contributed by atoms with E-state index in [-0.39, 0.29) is 18.4 Å². The summed E-state index contributed by atoms with van der Waals surface area (Å²) in [5.41, 5.74) is 2.73. The molecule has 0 aliphatic heterocycles. The van der Waals surface area contributed by atoms with Gasteiger partial charge in [-0.15, -0.1) is 0 Å². The van der Waals surface area contributed by atoms with Gasteiger partial charge in [0.1, 0.15) is 0 Å². The molecular formula is C17H21NO2. The number of rotatable bonds is 4. The van der Waals surface area contributed by atoms with Crippen molar-refractivity contribution < 1.29 is 9.90 Å². The largest absolute Gasteiger partial charge is 0.395 e. The number of aliphatic hydroxyl groups excluding tert-OH is 1. The molecular weight excluding hydrogens is 250 g/mol. The first-order chi connectivity index (χ1) is 9.61. The minimum atomic E-state index is 0.0708. The van der Waals surface area contributed by atoms with Crippen LogP contribution in [0.2, 0.25) is 0 Å². The highest BCUT2D eigenvalue weighted by Crippen LogP contribution is 2.37. The molecule has 0 spiro atoms. The van der Waals surface area contributed by atoms with Crippen LogP contribution in [0.25, 0.3) is 0 Å². The predicted octanol–water partition coefficient (Wildman–Crippen LogP) is 2.71. The van der Waals surface area contributed by atoms with Crippen LogP contribution >= 0.6 is 0 Å². The third kappa shape index (κ3) is 3.85. The molecule has 1 saturated carbocycles. The lowest BCUT2D eigenvalue weighted by atomic mass is 10.0. The van der Waals surface area contributed by atoms with Crippen LogP contribution in [0.1, 0.15) is 37.3 Å². The molecule has 1 aromatic carbocycles. The number of aliphatic hydroxyl groups is 1. The number of carbonyl (C=O) groups is 1. The first-order valence-electron chi connectivity index (χ1n) is 7.13. The lowest BCUT2D eigenvalue weighted by molar-refractivity contribution is -0.119. The number of amides is 1. The van der Waals surface area contributed by atoms with E-state index in [2.05, 4.69) is 17.2 Å². The Hall–Kier alpha value is -1.79. The predicted molar refractivity (Wildman–Crippen MR) is 80.3 cm³/mol. The van der Waals surface area contributed by atoms with Crippen molar-refractivity contribution >= 4 is 11.6 Å². The van der Waals surface area contributed by atoms with Gasteiger partial charge in [0.15, 0.2) is 0 Å². The molecule has 1 aliphatic carbocycles. The van der Waals surface area contributed by atoms with Gasteiger partial charge in [0, 0.05) is 23.6 Å². The lowest BCUT2D eigenvalue weighted by Crippen LogP contribution is -2.22. The smallest absolute Gasteiger partial charge is 0.227 e. The highest BCUT2D eigenvalue weighted by Gasteiger charge is 2.32. The SMILES string of the molecule is Cc1ccc(C#CCCO)cc1NC(=O)C(C)C1CC1. The maximum atomic E-state index is 12.1. The summed E-state index contributed by atoms with van der Waals surface area (Å²) in [5.74, 6) is 6.61. The zero-order valence-electron chi connectivity index (χ0n) is 12.1. The van der Waals surface area contributed by atoms with E-state index in [1.165, 1.54) is 12.8 Å². The molecule has 2 rings (SSSR count). The van der Waals surface area contributed by atoms with Crippen LogP contribution < -0.4 is 5.32 Å². The zero-order chi connectivity index (χ0) is 14.5. The number of nitrogens with one attached hydrogen (secondary N) is 1. The molecule has 1 aliphatic rings. The van der Waals surface area contributed by atoms with Crippen molar-refractivity contribution in [2.24, 2.45) is 11.8 Å². The van der Waals surface area contributed by atoms with E-state index in [1.54, 1.807) is 0 Å².